The Morgan fingerprint density at radius 3 is 2.52 bits per heavy atom. The zero-order chi connectivity index (χ0) is 16.2. The van der Waals surface area contributed by atoms with E-state index in [4.69, 9.17) is 9.84 Å². The van der Waals surface area contributed by atoms with Gasteiger partial charge in [0.2, 0.25) is 0 Å². The largest absolute Gasteiger partial charge is 0.489 e. The van der Waals surface area contributed by atoms with Crippen molar-refractivity contribution in [3.63, 3.8) is 0 Å². The molecule has 0 radical (unpaired) electrons. The molecule has 0 spiro atoms. The van der Waals surface area contributed by atoms with Crippen LogP contribution in [0.3, 0.4) is 0 Å². The van der Waals surface area contributed by atoms with Gasteiger partial charge < -0.3 is 9.84 Å². The fourth-order valence-corrected chi connectivity index (χ4v) is 3.79. The van der Waals surface area contributed by atoms with E-state index in [1.165, 1.54) is 0 Å². The smallest absolute Gasteiger partial charge is 0.321 e. The summed E-state index contributed by atoms with van der Waals surface area (Å²) in [6.45, 7) is 0.518. The van der Waals surface area contributed by atoms with E-state index >= 15 is 0 Å². The molecule has 4 nitrogen and oxygen atoms in total. The molecule has 0 bridgehead atoms. The zero-order valence-electron chi connectivity index (χ0n) is 12.2. The lowest BCUT2D eigenvalue weighted by atomic mass is 10.2. The highest BCUT2D eigenvalue weighted by atomic mass is 79.9. The summed E-state index contributed by atoms with van der Waals surface area (Å²) in [6, 6.07) is 15.3. The monoisotopic (exact) mass is 393 g/mol. The average molecular weight is 394 g/mol. The van der Waals surface area contributed by atoms with Crippen LogP contribution in [0.5, 0.6) is 5.75 Å². The molecule has 2 aromatic rings. The fourth-order valence-electron chi connectivity index (χ4n) is 2.29. The predicted octanol–water partition coefficient (Wildman–Crippen LogP) is 3.82. The first-order valence-corrected chi connectivity index (χ1v) is 9.03. The van der Waals surface area contributed by atoms with Gasteiger partial charge in [0.05, 0.1) is 5.37 Å². The molecule has 3 rings (SSSR count). The fraction of sp³-hybridized carbons (Fsp3) is 0.235. The van der Waals surface area contributed by atoms with Gasteiger partial charge >= 0.3 is 5.97 Å². The number of nitrogens with one attached hydrogen (secondary N) is 1. The van der Waals surface area contributed by atoms with Gasteiger partial charge in [0, 0.05) is 10.2 Å². The van der Waals surface area contributed by atoms with Crippen molar-refractivity contribution in [2.45, 2.75) is 18.0 Å². The first-order chi connectivity index (χ1) is 11.1. The molecule has 2 N–H and O–H groups in total. The van der Waals surface area contributed by atoms with Crippen molar-refractivity contribution in [2.24, 2.45) is 0 Å². The molecule has 120 valence electrons. The number of hydrogen-bond acceptors (Lipinski definition) is 4. The molecule has 1 aliphatic heterocycles. The molecule has 6 heteroatoms. The Bertz CT molecular complexity index is 675. The molecule has 2 unspecified atom stereocenters. The van der Waals surface area contributed by atoms with E-state index in [9.17, 15) is 4.79 Å². The minimum Gasteiger partial charge on any atom is -0.489 e. The summed E-state index contributed by atoms with van der Waals surface area (Å²) in [5.41, 5.74) is 2.17. The third-order valence-electron chi connectivity index (χ3n) is 3.58. The molecule has 23 heavy (non-hydrogen) atoms. The molecule has 2 aromatic carbocycles. The van der Waals surface area contributed by atoms with Crippen molar-refractivity contribution >= 4 is 33.7 Å². The van der Waals surface area contributed by atoms with Crippen LogP contribution in [0, 0.1) is 0 Å². The standard InChI is InChI=1S/C17H16BrNO3S/c18-13-5-1-11(2-6-13)9-22-14-7-3-12(4-8-14)16-19-15(10-23-16)17(20)21/h1-8,15-16,19H,9-10H2,(H,20,21). The van der Waals surface area contributed by atoms with Crippen LogP contribution >= 0.6 is 27.7 Å². The lowest BCUT2D eigenvalue weighted by Gasteiger charge is -2.12. The second kappa shape index (κ2) is 7.38. The van der Waals surface area contributed by atoms with E-state index in [1.807, 2.05) is 48.5 Å². The van der Waals surface area contributed by atoms with Gasteiger partial charge in [-0.2, -0.15) is 0 Å². The maximum atomic E-state index is 11.0. The van der Waals surface area contributed by atoms with Crippen molar-refractivity contribution in [3.05, 3.63) is 64.1 Å². The molecule has 0 aliphatic carbocycles. The number of carboxylic acids is 1. The normalized spacial score (nSPS) is 20.4. The van der Waals surface area contributed by atoms with Crippen LogP contribution in [-0.4, -0.2) is 22.9 Å². The highest BCUT2D eigenvalue weighted by molar-refractivity contribution is 9.10. The molecular formula is C17H16BrNO3S. The first-order valence-electron chi connectivity index (χ1n) is 7.19. The summed E-state index contributed by atoms with van der Waals surface area (Å²) < 4.78 is 6.82. The van der Waals surface area contributed by atoms with Gasteiger partial charge in [-0.3, -0.25) is 10.1 Å². The van der Waals surface area contributed by atoms with Gasteiger partial charge in [-0.15, -0.1) is 11.8 Å². The Morgan fingerprint density at radius 1 is 1.22 bits per heavy atom. The molecule has 1 fully saturated rings. The van der Waals surface area contributed by atoms with Gasteiger partial charge in [0.25, 0.3) is 0 Å². The van der Waals surface area contributed by atoms with E-state index in [2.05, 4.69) is 21.2 Å². The Balaban J connectivity index is 1.57. The lowest BCUT2D eigenvalue weighted by molar-refractivity contribution is -0.138. The Kier molecular flexibility index (Phi) is 5.25. The topological polar surface area (TPSA) is 58.6 Å². The van der Waals surface area contributed by atoms with Gasteiger partial charge in [0.1, 0.15) is 18.4 Å². The molecule has 1 aliphatic rings. The third-order valence-corrected chi connectivity index (χ3v) is 5.38. The number of aliphatic carboxylic acids is 1. The molecule has 1 heterocycles. The van der Waals surface area contributed by atoms with Gasteiger partial charge in [-0.1, -0.05) is 40.2 Å². The minimum atomic E-state index is -0.797. The molecule has 0 aromatic heterocycles. The second-order valence-corrected chi connectivity index (χ2v) is 7.31. The van der Waals surface area contributed by atoms with Gasteiger partial charge in [0.15, 0.2) is 0 Å². The van der Waals surface area contributed by atoms with E-state index in [1.54, 1.807) is 11.8 Å². The second-order valence-electron chi connectivity index (χ2n) is 5.26. The lowest BCUT2D eigenvalue weighted by Crippen LogP contribution is -2.33. The van der Waals surface area contributed by atoms with Crippen molar-refractivity contribution in [1.82, 2.24) is 5.32 Å². The summed E-state index contributed by atoms with van der Waals surface area (Å²) in [5.74, 6) is 0.589. The Hall–Kier alpha value is -1.50. The van der Waals surface area contributed by atoms with Crippen LogP contribution in [0.4, 0.5) is 0 Å². The average Bonchev–Trinajstić information content (AvgIpc) is 3.05. The van der Waals surface area contributed by atoms with Crippen LogP contribution in [0.15, 0.2) is 53.0 Å². The Labute approximate surface area is 147 Å². The van der Waals surface area contributed by atoms with E-state index in [0.717, 1.165) is 21.3 Å². The summed E-state index contributed by atoms with van der Waals surface area (Å²) in [4.78, 5) is 11.0. The van der Waals surface area contributed by atoms with Crippen LogP contribution in [0.1, 0.15) is 16.5 Å². The number of thioether (sulfide) groups is 1. The van der Waals surface area contributed by atoms with Gasteiger partial charge in [-0.05, 0) is 35.4 Å². The van der Waals surface area contributed by atoms with Gasteiger partial charge in [-0.25, -0.2) is 0 Å². The highest BCUT2D eigenvalue weighted by Crippen LogP contribution is 2.33. The maximum absolute atomic E-state index is 11.0. The van der Waals surface area contributed by atoms with E-state index in [-0.39, 0.29) is 5.37 Å². The number of hydrogen-bond donors (Lipinski definition) is 2. The number of carboxylic acid groups (broad SMARTS) is 1. The van der Waals surface area contributed by atoms with Crippen LogP contribution < -0.4 is 10.1 Å². The number of rotatable bonds is 5. The van der Waals surface area contributed by atoms with Crippen LogP contribution in [0.2, 0.25) is 0 Å². The van der Waals surface area contributed by atoms with Crippen molar-refractivity contribution < 1.29 is 14.6 Å². The molecule has 2 atom stereocenters. The van der Waals surface area contributed by atoms with Crippen LogP contribution in [-0.2, 0) is 11.4 Å². The van der Waals surface area contributed by atoms with Crippen LogP contribution in [0.25, 0.3) is 0 Å². The highest BCUT2D eigenvalue weighted by Gasteiger charge is 2.30. The number of ether oxygens (including phenoxy) is 1. The number of carbonyl (C=O) groups is 1. The van der Waals surface area contributed by atoms with Crippen molar-refractivity contribution in [3.8, 4) is 5.75 Å². The maximum Gasteiger partial charge on any atom is 0.321 e. The van der Waals surface area contributed by atoms with E-state index < -0.39 is 12.0 Å². The van der Waals surface area contributed by atoms with Crippen molar-refractivity contribution in [2.75, 3.05) is 5.75 Å². The molecule has 0 amide bonds. The summed E-state index contributed by atoms with van der Waals surface area (Å²) in [6.07, 6.45) is 0. The minimum absolute atomic E-state index is 0.0247. The molecule has 0 saturated carbocycles. The number of benzene rings is 2. The third kappa shape index (κ3) is 4.28. The summed E-state index contributed by atoms with van der Waals surface area (Å²) in [5, 5.41) is 12.2. The SMILES string of the molecule is O=C(O)C1CSC(c2ccc(OCc3ccc(Br)cc3)cc2)N1. The summed E-state index contributed by atoms with van der Waals surface area (Å²) in [7, 11) is 0. The summed E-state index contributed by atoms with van der Waals surface area (Å²) >= 11 is 5.02. The quantitative estimate of drug-likeness (QED) is 0.808. The zero-order valence-corrected chi connectivity index (χ0v) is 14.6. The molecule has 1 saturated heterocycles. The Morgan fingerprint density at radius 2 is 1.91 bits per heavy atom. The first kappa shape index (κ1) is 16.4. The van der Waals surface area contributed by atoms with Crippen molar-refractivity contribution in [1.29, 1.82) is 0 Å². The van der Waals surface area contributed by atoms with E-state index in [0.29, 0.717) is 12.4 Å². The predicted molar refractivity (Wildman–Crippen MR) is 94.7 cm³/mol. The molecular weight excluding hydrogens is 378 g/mol. The number of halogens is 1.